The maximum absolute atomic E-state index is 13.9. The number of hydrogen-bond donors (Lipinski definition) is 5. The number of hydrogen-bond acceptors (Lipinski definition) is 9. The summed E-state index contributed by atoms with van der Waals surface area (Å²) in [5, 5.41) is 33.6. The van der Waals surface area contributed by atoms with Crippen LogP contribution in [0.25, 0.3) is 11.1 Å². The second kappa shape index (κ2) is 20.7. The first-order valence-electron chi connectivity index (χ1n) is 21.1. The first-order valence-corrected chi connectivity index (χ1v) is 22.6. The molecule has 0 spiro atoms. The number of aliphatic hydroxyl groups excluding tert-OH is 2. The van der Waals surface area contributed by atoms with Gasteiger partial charge in [-0.05, 0) is 83.6 Å². The number of likely N-dealkylation sites (N-methyl/N-ethyl adjacent to an activating group) is 1. The minimum Gasteiger partial charge on any atom is -0.508 e. The van der Waals surface area contributed by atoms with Crippen molar-refractivity contribution >= 4 is 15.9 Å². The summed E-state index contributed by atoms with van der Waals surface area (Å²) in [7, 11) is -2.07. The summed E-state index contributed by atoms with van der Waals surface area (Å²) < 4.78 is 43.0. The van der Waals surface area contributed by atoms with Gasteiger partial charge in [-0.3, -0.25) is 4.79 Å². The van der Waals surface area contributed by atoms with E-state index in [1.807, 2.05) is 122 Å². The number of nitrogens with zero attached hydrogens (tertiary/aromatic N) is 1. The van der Waals surface area contributed by atoms with Gasteiger partial charge < -0.3 is 35.0 Å². The third-order valence-electron chi connectivity index (χ3n) is 11.5. The van der Waals surface area contributed by atoms with Crippen molar-refractivity contribution in [3.05, 3.63) is 191 Å². The number of carbonyl (C=O) groups excluding carboxylic acids is 1. The van der Waals surface area contributed by atoms with E-state index in [9.17, 15) is 28.5 Å². The molecule has 328 valence electrons. The fourth-order valence-electron chi connectivity index (χ4n) is 7.93. The first kappa shape index (κ1) is 45.3. The molecule has 0 saturated carbocycles. The Labute approximate surface area is 370 Å². The van der Waals surface area contributed by atoms with Crippen LogP contribution in [-0.4, -0.2) is 66.8 Å². The number of aromatic hydroxyl groups is 1. The summed E-state index contributed by atoms with van der Waals surface area (Å²) in [6, 6.07) is 44.8. The number of amides is 1. The molecule has 0 aromatic heterocycles. The van der Waals surface area contributed by atoms with E-state index in [4.69, 9.17) is 9.47 Å². The molecule has 5 N–H and O–H groups in total. The second-order valence-electron chi connectivity index (χ2n) is 16.3. The Morgan fingerprint density at radius 3 is 2.17 bits per heavy atom. The lowest BCUT2D eigenvalue weighted by molar-refractivity contribution is -0.276. The van der Waals surface area contributed by atoms with Gasteiger partial charge in [-0.1, -0.05) is 140 Å². The molecule has 12 heteroatoms. The molecule has 1 aliphatic heterocycles. The van der Waals surface area contributed by atoms with Gasteiger partial charge in [0.15, 0.2) is 6.29 Å². The Morgan fingerprint density at radius 2 is 1.48 bits per heavy atom. The van der Waals surface area contributed by atoms with Crippen molar-refractivity contribution in [1.29, 1.82) is 0 Å². The van der Waals surface area contributed by atoms with Crippen molar-refractivity contribution in [2.24, 2.45) is 5.92 Å². The van der Waals surface area contributed by atoms with Crippen LogP contribution in [0.4, 0.5) is 0 Å². The van der Waals surface area contributed by atoms with Gasteiger partial charge in [0.1, 0.15) is 11.8 Å². The Kier molecular flexibility index (Phi) is 14.9. The van der Waals surface area contributed by atoms with Gasteiger partial charge >= 0.3 is 0 Å². The van der Waals surface area contributed by atoms with Gasteiger partial charge in [0.25, 0.3) is 0 Å². The quantitative estimate of drug-likeness (QED) is 0.0626. The van der Waals surface area contributed by atoms with Crippen LogP contribution in [0.2, 0.25) is 0 Å². The summed E-state index contributed by atoms with van der Waals surface area (Å²) in [6.45, 7) is 4.89. The van der Waals surface area contributed by atoms with E-state index in [0.717, 1.165) is 44.5 Å². The van der Waals surface area contributed by atoms with Crippen molar-refractivity contribution in [1.82, 2.24) is 14.9 Å². The number of phenols is 1. The highest BCUT2D eigenvalue weighted by atomic mass is 32.2. The average molecular weight is 870 g/mol. The predicted molar refractivity (Wildman–Crippen MR) is 243 cm³/mol. The van der Waals surface area contributed by atoms with Crippen molar-refractivity contribution in [3.63, 3.8) is 0 Å². The van der Waals surface area contributed by atoms with Crippen LogP contribution in [0.5, 0.6) is 5.75 Å². The van der Waals surface area contributed by atoms with Crippen molar-refractivity contribution in [2.45, 2.75) is 69.0 Å². The third kappa shape index (κ3) is 11.7. The maximum atomic E-state index is 13.9. The molecule has 6 aromatic rings. The Balaban J connectivity index is 1.07. The Morgan fingerprint density at radius 1 is 0.794 bits per heavy atom. The van der Waals surface area contributed by atoms with E-state index in [2.05, 4.69) is 17.0 Å². The van der Waals surface area contributed by atoms with Crippen molar-refractivity contribution < 1.29 is 38.0 Å². The van der Waals surface area contributed by atoms with Gasteiger partial charge in [-0.25, -0.2) is 8.42 Å². The van der Waals surface area contributed by atoms with Crippen molar-refractivity contribution in [2.75, 3.05) is 20.1 Å². The molecule has 1 aliphatic rings. The highest BCUT2D eigenvalue weighted by molar-refractivity contribution is 7.89. The molecule has 0 bridgehead atoms. The van der Waals surface area contributed by atoms with Crippen LogP contribution in [0.1, 0.15) is 64.4 Å². The Hall–Kier alpha value is -5.70. The van der Waals surface area contributed by atoms with Crippen LogP contribution >= 0.6 is 0 Å². The second-order valence-corrected chi connectivity index (χ2v) is 18.0. The highest BCUT2D eigenvalue weighted by Gasteiger charge is 2.39. The highest BCUT2D eigenvalue weighted by Crippen LogP contribution is 2.42. The van der Waals surface area contributed by atoms with E-state index in [0.29, 0.717) is 18.7 Å². The van der Waals surface area contributed by atoms with Gasteiger partial charge in [0.05, 0.1) is 29.8 Å². The monoisotopic (exact) mass is 869 g/mol. The lowest BCUT2D eigenvalue weighted by atomic mass is 9.90. The molecule has 0 aliphatic carbocycles. The molecule has 0 radical (unpaired) electrons. The van der Waals surface area contributed by atoms with Crippen LogP contribution in [0.15, 0.2) is 157 Å². The molecule has 6 aromatic carbocycles. The fraction of sp³-hybridized carbons (Fsp3) is 0.275. The normalized spacial score (nSPS) is 18.8. The first-order chi connectivity index (χ1) is 30.4. The predicted octanol–water partition coefficient (Wildman–Crippen LogP) is 7.52. The zero-order chi connectivity index (χ0) is 44.5. The molecule has 11 nitrogen and oxygen atoms in total. The van der Waals surface area contributed by atoms with Gasteiger partial charge in [0, 0.05) is 31.1 Å². The summed E-state index contributed by atoms with van der Waals surface area (Å²) in [6.07, 6.45) is -1.98. The van der Waals surface area contributed by atoms with E-state index < -0.39 is 34.4 Å². The van der Waals surface area contributed by atoms with Crippen LogP contribution in [-0.2, 0) is 43.9 Å². The molecule has 1 heterocycles. The molecule has 63 heavy (non-hydrogen) atoms. The van der Waals surface area contributed by atoms with E-state index in [-0.39, 0.29) is 48.3 Å². The van der Waals surface area contributed by atoms with Gasteiger partial charge in [-0.15, -0.1) is 0 Å². The minimum atomic E-state index is -4.00. The van der Waals surface area contributed by atoms with E-state index in [1.54, 1.807) is 36.4 Å². The molecular weight excluding hydrogens is 815 g/mol. The number of aliphatic hydroxyl groups is 2. The van der Waals surface area contributed by atoms with Crippen molar-refractivity contribution in [3.8, 4) is 16.9 Å². The smallest absolute Gasteiger partial charge is 0.241 e. The number of benzene rings is 6. The third-order valence-corrected chi connectivity index (χ3v) is 13.0. The van der Waals surface area contributed by atoms with E-state index in [1.165, 1.54) is 12.1 Å². The average Bonchev–Trinajstić information content (AvgIpc) is 3.29. The molecule has 0 unspecified atom stereocenters. The number of aryl methyl sites for hydroxylation is 1. The summed E-state index contributed by atoms with van der Waals surface area (Å²) in [5.41, 5.74) is 7.59. The fourth-order valence-corrected chi connectivity index (χ4v) is 9.13. The number of sulfonamides is 1. The Bertz CT molecular complexity index is 2540. The molecule has 1 saturated heterocycles. The number of nitrogens with one attached hydrogen (secondary N) is 2. The molecular formula is C51H55N3O8S. The lowest BCUT2D eigenvalue weighted by Gasteiger charge is -2.42. The zero-order valence-electron chi connectivity index (χ0n) is 35.7. The zero-order valence-corrected chi connectivity index (χ0v) is 36.5. The maximum Gasteiger partial charge on any atom is 0.241 e. The SMILES string of the molecule is Cc1ccc(S(=O)(=O)N[C@H](Cc2ccccc2)C(=O)NCc2ccccc2-c2ccc([C@@H]3O[C@H](CN(C)C[C@@H](O)c4cccc(O)c4)[C@H](C)[C@H](c4ccc(CO)cc4)O3)cc2)cc1. The number of carbonyl (C=O) groups is 1. The minimum absolute atomic E-state index is 0.0608. The molecule has 6 atom stereocenters. The summed E-state index contributed by atoms with van der Waals surface area (Å²) >= 11 is 0. The largest absolute Gasteiger partial charge is 0.508 e. The summed E-state index contributed by atoms with van der Waals surface area (Å²) in [4.78, 5) is 16.0. The molecule has 7 rings (SSSR count). The van der Waals surface area contributed by atoms with Crippen LogP contribution in [0, 0.1) is 12.8 Å². The van der Waals surface area contributed by atoms with E-state index >= 15 is 0 Å². The number of ether oxygens (including phenoxy) is 2. The standard InChI is InChI=1S/C51H55N3O8S/c1-34-16-26-44(27-17-34)63(59,60)53-46(28-36-10-5-4-6-11-36)50(58)52-30-42-12-7-8-15-45(42)38-22-24-40(25-23-38)51-61-48(32-54(3)31-47(57)41-13-9-14-43(56)29-41)35(2)49(62-51)39-20-18-37(33-55)19-21-39/h4-27,29,35,46-49,51,53,55-57H,28,30-33H2,1-3H3,(H,52,58)/t35-,46+,47+,48+,49+,51+/m0/s1. The number of phenolic OH excluding ortho intramolecular Hbond substituents is 1. The van der Waals surface area contributed by atoms with Crippen LogP contribution < -0.4 is 10.0 Å². The lowest BCUT2D eigenvalue weighted by Crippen LogP contribution is -2.47. The summed E-state index contributed by atoms with van der Waals surface area (Å²) in [5.74, 6) is -0.428. The number of rotatable bonds is 17. The van der Waals surface area contributed by atoms with Gasteiger partial charge in [-0.2, -0.15) is 4.72 Å². The molecule has 1 amide bonds. The topological polar surface area (TPSA) is 158 Å². The van der Waals surface area contributed by atoms with Crippen LogP contribution in [0.3, 0.4) is 0 Å². The van der Waals surface area contributed by atoms with Gasteiger partial charge in [0.2, 0.25) is 15.9 Å². The molecule has 1 fully saturated rings.